The van der Waals surface area contributed by atoms with Crippen LogP contribution in [-0.2, 0) is 0 Å². The minimum atomic E-state index is 0.674. The predicted octanol–water partition coefficient (Wildman–Crippen LogP) is 4.39. The summed E-state index contributed by atoms with van der Waals surface area (Å²) in [7, 11) is 0. The third-order valence-electron chi connectivity index (χ3n) is 5.33. The van der Waals surface area contributed by atoms with Crippen LogP contribution in [0.4, 0.5) is 17.3 Å². The lowest BCUT2D eigenvalue weighted by Gasteiger charge is -2.26. The molecular weight excluding hydrogens is 310 g/mol. The molecule has 1 saturated carbocycles. The highest BCUT2D eigenvalue weighted by molar-refractivity contribution is 5.87. The van der Waals surface area contributed by atoms with E-state index in [1.807, 2.05) is 19.1 Å². The number of rotatable bonds is 5. The molecule has 5 nitrogen and oxygen atoms in total. The smallest absolute Gasteiger partial charge is 0.136 e. The minimum Gasteiger partial charge on any atom is -0.356 e. The Morgan fingerprint density at radius 1 is 1.12 bits per heavy atom. The van der Waals surface area contributed by atoms with Crippen LogP contribution in [0.15, 0.2) is 24.3 Å². The van der Waals surface area contributed by atoms with Gasteiger partial charge in [-0.05, 0) is 50.2 Å². The Bertz CT molecular complexity index is 776. The Kier molecular flexibility index (Phi) is 4.38. The molecule has 2 N–H and O–H groups in total. The van der Waals surface area contributed by atoms with Gasteiger partial charge in [0, 0.05) is 36.6 Å². The zero-order valence-electron chi connectivity index (χ0n) is 14.8. The molecule has 0 unspecified atom stereocenters. The average Bonchev–Trinajstić information content (AvgIpc) is 3.07. The van der Waals surface area contributed by atoms with Crippen molar-refractivity contribution in [2.45, 2.75) is 44.9 Å². The van der Waals surface area contributed by atoms with Crippen molar-refractivity contribution in [2.24, 2.45) is 0 Å². The molecule has 0 amide bonds. The van der Waals surface area contributed by atoms with Gasteiger partial charge in [-0.3, -0.25) is 0 Å². The van der Waals surface area contributed by atoms with Crippen LogP contribution >= 0.6 is 0 Å². The highest BCUT2D eigenvalue weighted by atomic mass is 15.2. The number of hydrogen-bond donors (Lipinski definition) is 2. The second-order valence-electron chi connectivity index (χ2n) is 7.10. The standard InChI is InChI=1S/C20H25N5/c1-14-22-19(12-20(23-14)25-9-2-3-10-25)24-18-11-16(15-5-4-6-15)7-8-17(18)13-21/h7-8,11-13,15,21H,2-6,9-10H2,1H3,(H,22,23,24). The number of aryl methyl sites for hydroxylation is 1. The van der Waals surface area contributed by atoms with E-state index in [1.54, 1.807) is 0 Å². The first kappa shape index (κ1) is 16.1. The number of nitrogens with one attached hydrogen (secondary N) is 2. The summed E-state index contributed by atoms with van der Waals surface area (Å²) in [5.74, 6) is 3.26. The highest BCUT2D eigenvalue weighted by Gasteiger charge is 2.20. The van der Waals surface area contributed by atoms with E-state index < -0.39 is 0 Å². The Morgan fingerprint density at radius 3 is 2.60 bits per heavy atom. The van der Waals surface area contributed by atoms with Crippen molar-refractivity contribution in [3.05, 3.63) is 41.2 Å². The van der Waals surface area contributed by atoms with Gasteiger partial charge in [-0.2, -0.15) is 0 Å². The van der Waals surface area contributed by atoms with Gasteiger partial charge in [-0.15, -0.1) is 0 Å². The van der Waals surface area contributed by atoms with Gasteiger partial charge in [0.15, 0.2) is 0 Å². The van der Waals surface area contributed by atoms with Gasteiger partial charge in [0.2, 0.25) is 0 Å². The number of nitrogens with zero attached hydrogens (tertiary/aromatic N) is 3. The van der Waals surface area contributed by atoms with Gasteiger partial charge in [-0.1, -0.05) is 18.6 Å². The first-order chi connectivity index (χ1) is 12.2. The molecule has 2 fully saturated rings. The zero-order chi connectivity index (χ0) is 17.2. The fourth-order valence-corrected chi connectivity index (χ4v) is 3.67. The maximum absolute atomic E-state index is 7.70. The summed E-state index contributed by atoms with van der Waals surface area (Å²) < 4.78 is 0. The van der Waals surface area contributed by atoms with Gasteiger partial charge in [0.25, 0.3) is 0 Å². The number of hydrogen-bond acceptors (Lipinski definition) is 5. The second-order valence-corrected chi connectivity index (χ2v) is 7.10. The third kappa shape index (κ3) is 3.36. The maximum Gasteiger partial charge on any atom is 0.136 e. The summed E-state index contributed by atoms with van der Waals surface area (Å²) in [6, 6.07) is 8.42. The van der Waals surface area contributed by atoms with Crippen LogP contribution in [0.2, 0.25) is 0 Å². The van der Waals surface area contributed by atoms with E-state index in [9.17, 15) is 0 Å². The third-order valence-corrected chi connectivity index (χ3v) is 5.33. The molecule has 1 aromatic heterocycles. The quantitative estimate of drug-likeness (QED) is 0.795. The molecule has 2 aliphatic rings. The molecule has 25 heavy (non-hydrogen) atoms. The number of aromatic nitrogens is 2. The zero-order valence-corrected chi connectivity index (χ0v) is 14.8. The van der Waals surface area contributed by atoms with E-state index >= 15 is 0 Å². The van der Waals surface area contributed by atoms with Crippen LogP contribution in [0.3, 0.4) is 0 Å². The van der Waals surface area contributed by atoms with E-state index in [4.69, 9.17) is 5.41 Å². The number of benzene rings is 1. The molecular formula is C20H25N5. The van der Waals surface area contributed by atoms with Gasteiger partial charge < -0.3 is 15.6 Å². The maximum atomic E-state index is 7.70. The van der Waals surface area contributed by atoms with Crippen molar-refractivity contribution in [3.63, 3.8) is 0 Å². The molecule has 1 aliphatic heterocycles. The lowest BCUT2D eigenvalue weighted by molar-refractivity contribution is 0.420. The average molecular weight is 335 g/mol. The first-order valence-corrected chi connectivity index (χ1v) is 9.25. The monoisotopic (exact) mass is 335 g/mol. The van der Waals surface area contributed by atoms with Crippen LogP contribution in [0.1, 0.15) is 55.0 Å². The molecule has 2 aromatic rings. The van der Waals surface area contributed by atoms with Crippen LogP contribution in [0, 0.1) is 12.3 Å². The van der Waals surface area contributed by atoms with Crippen LogP contribution in [0.5, 0.6) is 0 Å². The molecule has 0 spiro atoms. The lowest BCUT2D eigenvalue weighted by Crippen LogP contribution is -2.19. The fourth-order valence-electron chi connectivity index (χ4n) is 3.67. The molecule has 0 radical (unpaired) electrons. The second kappa shape index (κ2) is 6.82. The number of anilines is 3. The van der Waals surface area contributed by atoms with Gasteiger partial charge in [0.1, 0.15) is 17.5 Å². The Hall–Kier alpha value is -2.43. The minimum absolute atomic E-state index is 0.674. The topological polar surface area (TPSA) is 64.9 Å². The van der Waals surface area contributed by atoms with Crippen LogP contribution < -0.4 is 10.2 Å². The van der Waals surface area contributed by atoms with E-state index in [-0.39, 0.29) is 0 Å². The van der Waals surface area contributed by atoms with E-state index in [1.165, 1.54) is 43.9 Å². The van der Waals surface area contributed by atoms with Gasteiger partial charge in [-0.25, -0.2) is 9.97 Å². The van der Waals surface area contributed by atoms with Crippen LogP contribution in [-0.4, -0.2) is 29.3 Å². The van der Waals surface area contributed by atoms with Crippen molar-refractivity contribution in [1.29, 1.82) is 5.41 Å². The van der Waals surface area contributed by atoms with Crippen molar-refractivity contribution in [3.8, 4) is 0 Å². The summed E-state index contributed by atoms with van der Waals surface area (Å²) in [5.41, 5.74) is 3.22. The van der Waals surface area contributed by atoms with E-state index in [0.717, 1.165) is 41.8 Å². The molecule has 1 aliphatic carbocycles. The summed E-state index contributed by atoms with van der Waals surface area (Å²) in [4.78, 5) is 11.5. The van der Waals surface area contributed by atoms with Crippen molar-refractivity contribution < 1.29 is 0 Å². The van der Waals surface area contributed by atoms with Crippen molar-refractivity contribution in [2.75, 3.05) is 23.3 Å². The molecule has 4 rings (SSSR count). The predicted molar refractivity (Wildman–Crippen MR) is 102 cm³/mol. The Balaban J connectivity index is 1.63. The molecule has 130 valence electrons. The lowest BCUT2D eigenvalue weighted by atomic mass is 9.80. The first-order valence-electron chi connectivity index (χ1n) is 9.25. The summed E-state index contributed by atoms with van der Waals surface area (Å²) in [5, 5.41) is 11.1. The molecule has 0 atom stereocenters. The molecule has 5 heteroatoms. The SMILES string of the molecule is Cc1nc(Nc2cc(C3CCC3)ccc2C=N)cc(N2CCCC2)n1. The molecule has 2 heterocycles. The summed E-state index contributed by atoms with van der Waals surface area (Å²) >= 11 is 0. The highest BCUT2D eigenvalue weighted by Crippen LogP contribution is 2.38. The summed E-state index contributed by atoms with van der Waals surface area (Å²) in [6.45, 7) is 4.07. The van der Waals surface area contributed by atoms with Crippen molar-refractivity contribution >= 4 is 23.5 Å². The van der Waals surface area contributed by atoms with Crippen LogP contribution in [0.25, 0.3) is 0 Å². The normalized spacial score (nSPS) is 17.4. The van der Waals surface area contributed by atoms with Crippen molar-refractivity contribution in [1.82, 2.24) is 9.97 Å². The Morgan fingerprint density at radius 2 is 1.92 bits per heavy atom. The van der Waals surface area contributed by atoms with Gasteiger partial charge in [0.05, 0.1) is 0 Å². The summed E-state index contributed by atoms with van der Waals surface area (Å²) in [6.07, 6.45) is 7.73. The molecule has 1 aromatic carbocycles. The largest absolute Gasteiger partial charge is 0.356 e. The van der Waals surface area contributed by atoms with Gasteiger partial charge >= 0.3 is 0 Å². The molecule has 0 bridgehead atoms. The Labute approximate surface area is 149 Å². The molecule has 1 saturated heterocycles. The fraction of sp³-hybridized carbons (Fsp3) is 0.450. The van der Waals surface area contributed by atoms with E-state index in [0.29, 0.717) is 5.92 Å². The van der Waals surface area contributed by atoms with E-state index in [2.05, 4.69) is 32.3 Å².